The summed E-state index contributed by atoms with van der Waals surface area (Å²) >= 11 is 6.56. The average Bonchev–Trinajstić information content (AvgIpc) is 3.27. The maximum absolute atomic E-state index is 9.47. The van der Waals surface area contributed by atoms with E-state index in [0.29, 0.717) is 34.5 Å². The molecule has 0 fully saturated rings. The third-order valence-electron chi connectivity index (χ3n) is 5.45. The second-order valence-corrected chi connectivity index (χ2v) is 8.31. The minimum atomic E-state index is 0.241. The third-order valence-corrected chi connectivity index (χ3v) is 5.74. The van der Waals surface area contributed by atoms with E-state index in [4.69, 9.17) is 22.3 Å². The molecule has 0 aliphatic carbocycles. The van der Waals surface area contributed by atoms with E-state index in [2.05, 4.69) is 20.4 Å². The Morgan fingerprint density at radius 1 is 1.06 bits per heavy atom. The summed E-state index contributed by atoms with van der Waals surface area (Å²) in [5.41, 5.74) is 10.7. The Balaban J connectivity index is 1.55. The first kappa shape index (κ1) is 21.7. The molecule has 0 unspecified atom stereocenters. The summed E-state index contributed by atoms with van der Waals surface area (Å²) in [6, 6.07) is 16.6. The first-order valence-electron chi connectivity index (χ1n) is 10.7. The molecule has 0 aliphatic rings. The number of benzene rings is 2. The molecule has 2 aromatic carbocycles. The van der Waals surface area contributed by atoms with Gasteiger partial charge in [-0.1, -0.05) is 29.8 Å². The Bertz CT molecular complexity index is 1480. The van der Waals surface area contributed by atoms with Crippen LogP contribution in [-0.2, 0) is 13.5 Å². The molecule has 4 N–H and O–H groups in total. The summed E-state index contributed by atoms with van der Waals surface area (Å²) in [5, 5.41) is 18.7. The van der Waals surface area contributed by atoms with Crippen molar-refractivity contribution in [1.82, 2.24) is 24.7 Å². The number of nitrogen functional groups attached to an aromatic ring is 1. The SMILES string of the molecule is Cn1ccc(-c2nc(N)c(NCCc3ccc(O)cc3)nc2-c2cc(Cl)c3ncccc3c2)n1. The van der Waals surface area contributed by atoms with Gasteiger partial charge in [0.1, 0.15) is 22.8 Å². The average molecular weight is 472 g/mol. The molecule has 3 aromatic heterocycles. The lowest BCUT2D eigenvalue weighted by molar-refractivity contribution is 0.475. The quantitative estimate of drug-likeness (QED) is 0.329. The lowest BCUT2D eigenvalue weighted by Crippen LogP contribution is -2.11. The fraction of sp³-hybridized carbons (Fsp3) is 0.120. The van der Waals surface area contributed by atoms with Crippen molar-refractivity contribution < 1.29 is 5.11 Å². The molecule has 0 aliphatic heterocycles. The van der Waals surface area contributed by atoms with Gasteiger partial charge in [-0.3, -0.25) is 9.67 Å². The summed E-state index contributed by atoms with van der Waals surface area (Å²) in [4.78, 5) is 13.9. The number of phenolic OH excluding ortho intramolecular Hbond substituents is 1. The molecule has 0 atom stereocenters. The van der Waals surface area contributed by atoms with Crippen LogP contribution in [0.4, 0.5) is 11.6 Å². The molecule has 0 radical (unpaired) electrons. The van der Waals surface area contributed by atoms with Crippen LogP contribution < -0.4 is 11.1 Å². The zero-order valence-corrected chi connectivity index (χ0v) is 19.2. The molecular formula is C25H22ClN7O. The third kappa shape index (κ3) is 4.35. The van der Waals surface area contributed by atoms with Crippen molar-refractivity contribution in [2.75, 3.05) is 17.6 Å². The second-order valence-electron chi connectivity index (χ2n) is 7.91. The highest BCUT2D eigenvalue weighted by atomic mass is 35.5. The number of aromatic hydroxyl groups is 1. The van der Waals surface area contributed by atoms with Crippen molar-refractivity contribution in [2.45, 2.75) is 6.42 Å². The standard InChI is InChI=1S/C25H22ClN7O/c1-33-12-9-20(32-33)23-22(17-13-16-3-2-10-28-21(16)19(26)14-17)31-25(24(27)30-23)29-11-8-15-4-6-18(34)7-5-15/h2-7,9-10,12-14,34H,8,11H2,1H3,(H2,27,30)(H,29,31). The highest BCUT2D eigenvalue weighted by molar-refractivity contribution is 6.35. The van der Waals surface area contributed by atoms with Gasteiger partial charge >= 0.3 is 0 Å². The maximum Gasteiger partial charge on any atom is 0.169 e. The Morgan fingerprint density at radius 3 is 2.65 bits per heavy atom. The molecule has 170 valence electrons. The fourth-order valence-electron chi connectivity index (χ4n) is 3.77. The van der Waals surface area contributed by atoms with Crippen LogP contribution >= 0.6 is 11.6 Å². The minimum Gasteiger partial charge on any atom is -0.508 e. The zero-order chi connectivity index (χ0) is 23.7. The molecule has 0 saturated carbocycles. The van der Waals surface area contributed by atoms with Crippen molar-refractivity contribution in [2.24, 2.45) is 7.05 Å². The smallest absolute Gasteiger partial charge is 0.169 e. The van der Waals surface area contributed by atoms with Crippen molar-refractivity contribution in [3.05, 3.63) is 77.6 Å². The van der Waals surface area contributed by atoms with Gasteiger partial charge in [0, 0.05) is 36.9 Å². The van der Waals surface area contributed by atoms with Gasteiger partial charge < -0.3 is 16.2 Å². The van der Waals surface area contributed by atoms with Crippen LogP contribution in [0.15, 0.2) is 67.0 Å². The van der Waals surface area contributed by atoms with Crippen LogP contribution in [0.1, 0.15) is 5.56 Å². The Labute approximate surface area is 201 Å². The number of halogens is 1. The number of phenols is 1. The highest BCUT2D eigenvalue weighted by Crippen LogP contribution is 2.35. The molecule has 0 bridgehead atoms. The molecule has 8 nitrogen and oxygen atoms in total. The van der Waals surface area contributed by atoms with E-state index in [1.165, 1.54) is 0 Å². The summed E-state index contributed by atoms with van der Waals surface area (Å²) in [6.07, 6.45) is 4.29. The van der Waals surface area contributed by atoms with E-state index >= 15 is 0 Å². The predicted molar refractivity (Wildman–Crippen MR) is 135 cm³/mol. The number of rotatable bonds is 6. The molecule has 5 aromatic rings. The number of aryl methyl sites for hydroxylation is 1. The molecule has 34 heavy (non-hydrogen) atoms. The van der Waals surface area contributed by atoms with Gasteiger partial charge in [0.25, 0.3) is 0 Å². The fourth-order valence-corrected chi connectivity index (χ4v) is 4.05. The molecular weight excluding hydrogens is 450 g/mol. The van der Waals surface area contributed by atoms with E-state index < -0.39 is 0 Å². The number of fused-ring (bicyclic) bond motifs is 1. The monoisotopic (exact) mass is 471 g/mol. The number of hydrogen-bond donors (Lipinski definition) is 3. The van der Waals surface area contributed by atoms with Crippen LogP contribution in [0.3, 0.4) is 0 Å². The van der Waals surface area contributed by atoms with E-state index in [9.17, 15) is 5.11 Å². The number of hydrogen-bond acceptors (Lipinski definition) is 7. The van der Waals surface area contributed by atoms with E-state index in [0.717, 1.165) is 28.5 Å². The largest absolute Gasteiger partial charge is 0.508 e. The molecule has 3 heterocycles. The molecule has 9 heteroatoms. The molecule has 5 rings (SSSR count). The van der Waals surface area contributed by atoms with Gasteiger partial charge in [-0.2, -0.15) is 5.10 Å². The van der Waals surface area contributed by atoms with Crippen LogP contribution in [0.2, 0.25) is 5.02 Å². The van der Waals surface area contributed by atoms with Gasteiger partial charge in [0.05, 0.1) is 10.5 Å². The Hall–Kier alpha value is -4.17. The van der Waals surface area contributed by atoms with Crippen molar-refractivity contribution >= 4 is 34.1 Å². The van der Waals surface area contributed by atoms with Crippen molar-refractivity contribution in [3.63, 3.8) is 0 Å². The minimum absolute atomic E-state index is 0.241. The normalized spacial score (nSPS) is 11.1. The number of nitrogens with zero attached hydrogens (tertiary/aromatic N) is 5. The van der Waals surface area contributed by atoms with Crippen molar-refractivity contribution in [3.8, 4) is 28.4 Å². The van der Waals surface area contributed by atoms with E-state index in [1.54, 1.807) is 23.0 Å². The van der Waals surface area contributed by atoms with E-state index in [1.807, 2.05) is 55.7 Å². The number of aromatic nitrogens is 5. The lowest BCUT2D eigenvalue weighted by atomic mass is 10.0. The van der Waals surface area contributed by atoms with Crippen molar-refractivity contribution in [1.29, 1.82) is 0 Å². The maximum atomic E-state index is 9.47. The van der Waals surface area contributed by atoms with Crippen LogP contribution in [-0.4, -0.2) is 36.4 Å². The Morgan fingerprint density at radius 2 is 1.88 bits per heavy atom. The highest BCUT2D eigenvalue weighted by Gasteiger charge is 2.18. The summed E-state index contributed by atoms with van der Waals surface area (Å²) in [5.74, 6) is 1.00. The number of nitrogens with one attached hydrogen (secondary N) is 1. The number of anilines is 2. The Kier molecular flexibility index (Phi) is 5.73. The molecule has 0 saturated heterocycles. The van der Waals surface area contributed by atoms with Gasteiger partial charge in [-0.25, -0.2) is 9.97 Å². The summed E-state index contributed by atoms with van der Waals surface area (Å²) in [6.45, 7) is 0.592. The lowest BCUT2D eigenvalue weighted by Gasteiger charge is -2.14. The van der Waals surface area contributed by atoms with E-state index in [-0.39, 0.29) is 11.6 Å². The van der Waals surface area contributed by atoms with Gasteiger partial charge in [-0.05, 0) is 48.4 Å². The number of pyridine rings is 1. The van der Waals surface area contributed by atoms with Crippen LogP contribution in [0.5, 0.6) is 5.75 Å². The first-order valence-corrected chi connectivity index (χ1v) is 11.1. The summed E-state index contributed by atoms with van der Waals surface area (Å²) < 4.78 is 1.71. The van der Waals surface area contributed by atoms with Gasteiger partial charge in [0.2, 0.25) is 0 Å². The van der Waals surface area contributed by atoms with Gasteiger partial charge in [0.15, 0.2) is 11.6 Å². The summed E-state index contributed by atoms with van der Waals surface area (Å²) in [7, 11) is 1.85. The van der Waals surface area contributed by atoms with Gasteiger partial charge in [-0.15, -0.1) is 0 Å². The molecule has 0 spiro atoms. The molecule has 0 amide bonds. The first-order chi connectivity index (χ1) is 16.5. The topological polar surface area (TPSA) is 115 Å². The van der Waals surface area contributed by atoms with Crippen LogP contribution in [0.25, 0.3) is 33.5 Å². The zero-order valence-electron chi connectivity index (χ0n) is 18.4. The number of nitrogens with two attached hydrogens (primary N) is 1. The predicted octanol–water partition coefficient (Wildman–Crippen LogP) is 4.69. The van der Waals surface area contributed by atoms with Crippen LogP contribution in [0, 0.1) is 0 Å². The second kappa shape index (κ2) is 8.99.